The van der Waals surface area contributed by atoms with E-state index in [4.69, 9.17) is 5.11 Å². The summed E-state index contributed by atoms with van der Waals surface area (Å²) in [7, 11) is 0. The molecule has 0 aromatic heterocycles. The number of hydrogen-bond donors (Lipinski definition) is 1. The lowest BCUT2D eigenvalue weighted by atomic mass is 10.0. The fraction of sp³-hybridized carbons (Fsp3) is 0.625. The van der Waals surface area contributed by atoms with Crippen LogP contribution in [0.4, 0.5) is 0 Å². The molecular formula is C8H12O2. The molecule has 0 atom stereocenters. The molecule has 1 aliphatic carbocycles. The van der Waals surface area contributed by atoms with Crippen LogP contribution in [0.2, 0.25) is 0 Å². The van der Waals surface area contributed by atoms with Crippen molar-refractivity contribution in [2.24, 2.45) is 5.41 Å². The van der Waals surface area contributed by atoms with Crippen LogP contribution in [0.5, 0.6) is 0 Å². The molecule has 0 heterocycles. The summed E-state index contributed by atoms with van der Waals surface area (Å²) in [6.45, 7) is 1.91. The first-order valence-corrected chi connectivity index (χ1v) is 3.56. The van der Waals surface area contributed by atoms with Crippen molar-refractivity contribution < 1.29 is 9.90 Å². The van der Waals surface area contributed by atoms with E-state index in [1.807, 2.05) is 19.1 Å². The van der Waals surface area contributed by atoms with Crippen LogP contribution in [0.15, 0.2) is 12.2 Å². The second-order valence-electron chi connectivity index (χ2n) is 2.86. The third-order valence-electron chi connectivity index (χ3n) is 2.05. The van der Waals surface area contributed by atoms with E-state index in [2.05, 4.69) is 0 Å². The quantitative estimate of drug-likeness (QED) is 0.607. The van der Waals surface area contributed by atoms with Gasteiger partial charge in [0, 0.05) is 0 Å². The van der Waals surface area contributed by atoms with Crippen molar-refractivity contribution in [2.75, 3.05) is 0 Å². The van der Waals surface area contributed by atoms with Gasteiger partial charge in [-0.05, 0) is 26.2 Å². The second kappa shape index (κ2) is 2.45. The minimum absolute atomic E-state index is 0.369. The molecule has 1 rings (SSSR count). The molecule has 0 bridgehead atoms. The van der Waals surface area contributed by atoms with Crippen molar-refractivity contribution in [1.29, 1.82) is 0 Å². The summed E-state index contributed by atoms with van der Waals surface area (Å²) in [5, 5.41) is 8.70. The van der Waals surface area contributed by atoms with Crippen LogP contribution >= 0.6 is 0 Å². The van der Waals surface area contributed by atoms with Crippen molar-refractivity contribution in [3.63, 3.8) is 0 Å². The van der Waals surface area contributed by atoms with Crippen LogP contribution in [-0.4, -0.2) is 11.1 Å². The van der Waals surface area contributed by atoms with Gasteiger partial charge in [-0.3, -0.25) is 4.79 Å². The van der Waals surface area contributed by atoms with Crippen LogP contribution in [0, 0.1) is 5.41 Å². The van der Waals surface area contributed by atoms with E-state index in [1.165, 1.54) is 0 Å². The standard InChI is InChI=1S/C8H12O2/c1-2-3-4-8(5-6-8)7(9)10/h2-3H,4-6H2,1H3,(H,9,10). The van der Waals surface area contributed by atoms with Gasteiger partial charge in [0.05, 0.1) is 5.41 Å². The molecule has 1 aliphatic rings. The fourth-order valence-corrected chi connectivity index (χ4v) is 1.000. The van der Waals surface area contributed by atoms with Crippen molar-refractivity contribution in [1.82, 2.24) is 0 Å². The monoisotopic (exact) mass is 140 g/mol. The molecule has 2 nitrogen and oxygen atoms in total. The number of carbonyl (C=O) groups is 1. The summed E-state index contributed by atoms with van der Waals surface area (Å²) >= 11 is 0. The highest BCUT2D eigenvalue weighted by Gasteiger charge is 2.48. The Morgan fingerprint density at radius 1 is 1.70 bits per heavy atom. The Kier molecular flexibility index (Phi) is 1.79. The number of allylic oxidation sites excluding steroid dienone is 2. The van der Waals surface area contributed by atoms with E-state index in [-0.39, 0.29) is 5.41 Å². The van der Waals surface area contributed by atoms with Crippen LogP contribution in [0.25, 0.3) is 0 Å². The normalized spacial score (nSPS) is 21.3. The molecule has 0 saturated heterocycles. The van der Waals surface area contributed by atoms with E-state index >= 15 is 0 Å². The predicted octanol–water partition coefficient (Wildman–Crippen LogP) is 1.82. The molecule has 2 heteroatoms. The van der Waals surface area contributed by atoms with Gasteiger partial charge in [-0.2, -0.15) is 0 Å². The van der Waals surface area contributed by atoms with Gasteiger partial charge >= 0.3 is 5.97 Å². The lowest BCUT2D eigenvalue weighted by Gasteiger charge is -2.03. The Bertz CT molecular complexity index is 166. The highest BCUT2D eigenvalue weighted by atomic mass is 16.4. The molecule has 0 spiro atoms. The van der Waals surface area contributed by atoms with E-state index < -0.39 is 5.97 Å². The zero-order chi connectivity index (χ0) is 7.61. The maximum absolute atomic E-state index is 10.6. The highest BCUT2D eigenvalue weighted by Crippen LogP contribution is 2.49. The molecule has 0 radical (unpaired) electrons. The maximum Gasteiger partial charge on any atom is 0.309 e. The SMILES string of the molecule is CC=CCC1(C(=O)O)CC1. The van der Waals surface area contributed by atoms with Crippen molar-refractivity contribution in [3.8, 4) is 0 Å². The van der Waals surface area contributed by atoms with Crippen LogP contribution in [0.3, 0.4) is 0 Å². The van der Waals surface area contributed by atoms with Gasteiger partial charge in [0.25, 0.3) is 0 Å². The molecule has 1 fully saturated rings. The Morgan fingerprint density at radius 2 is 2.30 bits per heavy atom. The van der Waals surface area contributed by atoms with Gasteiger partial charge in [-0.25, -0.2) is 0 Å². The molecule has 0 amide bonds. The molecule has 1 N–H and O–H groups in total. The highest BCUT2D eigenvalue weighted by molar-refractivity contribution is 5.77. The maximum atomic E-state index is 10.6. The van der Waals surface area contributed by atoms with Crippen molar-refractivity contribution >= 4 is 5.97 Å². The third-order valence-corrected chi connectivity index (χ3v) is 2.05. The van der Waals surface area contributed by atoms with Gasteiger partial charge in [0.15, 0.2) is 0 Å². The van der Waals surface area contributed by atoms with Gasteiger partial charge in [0.2, 0.25) is 0 Å². The summed E-state index contributed by atoms with van der Waals surface area (Å²) < 4.78 is 0. The number of carboxylic acid groups (broad SMARTS) is 1. The molecule has 0 aromatic rings. The third kappa shape index (κ3) is 1.20. The lowest BCUT2D eigenvalue weighted by molar-refractivity contribution is -0.143. The first kappa shape index (κ1) is 7.32. The largest absolute Gasteiger partial charge is 0.481 e. The smallest absolute Gasteiger partial charge is 0.309 e. The predicted molar refractivity (Wildman–Crippen MR) is 38.7 cm³/mol. The minimum Gasteiger partial charge on any atom is -0.481 e. The topological polar surface area (TPSA) is 37.3 Å². The zero-order valence-electron chi connectivity index (χ0n) is 6.13. The Morgan fingerprint density at radius 3 is 2.60 bits per heavy atom. The summed E-state index contributed by atoms with van der Waals surface area (Å²) in [5.41, 5.74) is -0.369. The average Bonchev–Trinajstić information content (AvgIpc) is 2.64. The first-order valence-electron chi connectivity index (χ1n) is 3.56. The van der Waals surface area contributed by atoms with Gasteiger partial charge < -0.3 is 5.11 Å². The minimum atomic E-state index is -0.634. The molecular weight excluding hydrogens is 128 g/mol. The molecule has 10 heavy (non-hydrogen) atoms. The number of rotatable bonds is 3. The number of hydrogen-bond acceptors (Lipinski definition) is 1. The first-order chi connectivity index (χ1) is 4.71. The Labute approximate surface area is 60.6 Å². The van der Waals surface area contributed by atoms with Crippen LogP contribution in [-0.2, 0) is 4.79 Å². The molecule has 0 unspecified atom stereocenters. The zero-order valence-corrected chi connectivity index (χ0v) is 6.13. The average molecular weight is 140 g/mol. The van der Waals surface area contributed by atoms with E-state index in [1.54, 1.807) is 0 Å². The summed E-state index contributed by atoms with van der Waals surface area (Å²) in [5.74, 6) is -0.634. The van der Waals surface area contributed by atoms with Crippen molar-refractivity contribution in [2.45, 2.75) is 26.2 Å². The number of aliphatic carboxylic acids is 1. The van der Waals surface area contributed by atoms with Gasteiger partial charge in [-0.1, -0.05) is 12.2 Å². The molecule has 0 aromatic carbocycles. The van der Waals surface area contributed by atoms with Gasteiger partial charge in [-0.15, -0.1) is 0 Å². The van der Waals surface area contributed by atoms with Crippen LogP contribution in [0.1, 0.15) is 26.2 Å². The second-order valence-corrected chi connectivity index (χ2v) is 2.86. The van der Waals surface area contributed by atoms with Gasteiger partial charge in [0.1, 0.15) is 0 Å². The van der Waals surface area contributed by atoms with Crippen LogP contribution < -0.4 is 0 Å². The van der Waals surface area contributed by atoms with Crippen molar-refractivity contribution in [3.05, 3.63) is 12.2 Å². The Hall–Kier alpha value is -0.790. The van der Waals surface area contributed by atoms with E-state index in [0.29, 0.717) is 6.42 Å². The fourth-order valence-electron chi connectivity index (χ4n) is 1.000. The lowest BCUT2D eigenvalue weighted by Crippen LogP contribution is -2.13. The number of carboxylic acids is 1. The summed E-state index contributed by atoms with van der Waals surface area (Å²) in [4.78, 5) is 10.6. The summed E-state index contributed by atoms with van der Waals surface area (Å²) in [6.07, 6.45) is 6.25. The Balaban J connectivity index is 2.45. The van der Waals surface area contributed by atoms with E-state index in [9.17, 15) is 4.79 Å². The summed E-state index contributed by atoms with van der Waals surface area (Å²) in [6, 6.07) is 0. The molecule has 1 saturated carbocycles. The molecule has 0 aliphatic heterocycles. The van der Waals surface area contributed by atoms with E-state index in [0.717, 1.165) is 12.8 Å². The molecule has 56 valence electrons.